The fraction of sp³-hybridized carbons (Fsp3) is 0.0192. The van der Waals surface area contributed by atoms with Crippen LogP contribution in [0.1, 0.15) is 22.3 Å². The molecule has 1 aliphatic carbocycles. The molecule has 0 radical (unpaired) electrons. The molecule has 4 heteroatoms. The summed E-state index contributed by atoms with van der Waals surface area (Å²) in [6.45, 7) is 0. The van der Waals surface area contributed by atoms with E-state index in [2.05, 4.69) is 174 Å². The molecule has 1 aliphatic heterocycles. The molecule has 0 saturated heterocycles. The van der Waals surface area contributed by atoms with E-state index in [1.54, 1.807) is 0 Å². The largest absolute Gasteiger partial charge is 0.309 e. The normalized spacial score (nSPS) is 13.1. The van der Waals surface area contributed by atoms with E-state index in [1.165, 1.54) is 66.4 Å². The van der Waals surface area contributed by atoms with Gasteiger partial charge < -0.3 is 4.57 Å². The lowest BCUT2D eigenvalue weighted by Crippen LogP contribution is -2.33. The highest BCUT2D eigenvalue weighted by Crippen LogP contribution is 2.61. The van der Waals surface area contributed by atoms with E-state index in [0.29, 0.717) is 17.5 Å². The molecule has 56 heavy (non-hydrogen) atoms. The average molecular weight is 713 g/mol. The van der Waals surface area contributed by atoms with Crippen molar-refractivity contribution in [3.63, 3.8) is 0 Å². The zero-order valence-electron chi connectivity index (χ0n) is 30.3. The third-order valence-corrected chi connectivity index (χ3v) is 11.9. The molecule has 0 saturated carbocycles. The topological polar surface area (TPSA) is 43.6 Å². The Bertz CT molecular complexity index is 3130. The van der Waals surface area contributed by atoms with Gasteiger partial charge in [-0.2, -0.15) is 0 Å². The van der Waals surface area contributed by atoms with Crippen molar-refractivity contribution in [1.82, 2.24) is 19.5 Å². The molecule has 0 unspecified atom stereocenters. The molecule has 12 rings (SSSR count). The van der Waals surface area contributed by atoms with Crippen LogP contribution >= 0.6 is 0 Å². The van der Waals surface area contributed by atoms with Gasteiger partial charge in [0.15, 0.2) is 17.5 Å². The van der Waals surface area contributed by atoms with Crippen molar-refractivity contribution >= 4 is 21.8 Å². The molecule has 2 aliphatic rings. The summed E-state index contributed by atoms with van der Waals surface area (Å²) in [5, 5.41) is 2.52. The van der Waals surface area contributed by atoms with E-state index in [9.17, 15) is 0 Å². The zero-order chi connectivity index (χ0) is 36.8. The SMILES string of the molecule is c1ccc(-c2ccc(-c3nc(-c4ccccc4)nc(-c4ccc5c(c4)C4(c6ccccc6-c6ccccc64)c4cccc6c7ccccc7n-5c46)n3)cc2)cc1. The van der Waals surface area contributed by atoms with Crippen molar-refractivity contribution in [2.45, 2.75) is 5.41 Å². The highest BCUT2D eigenvalue weighted by Gasteiger charge is 2.50. The Kier molecular flexibility index (Phi) is 6.52. The van der Waals surface area contributed by atoms with E-state index in [1.807, 2.05) is 24.3 Å². The first kappa shape index (κ1) is 31.0. The average Bonchev–Trinajstić information content (AvgIpc) is 3.77. The van der Waals surface area contributed by atoms with Crippen molar-refractivity contribution in [1.29, 1.82) is 0 Å². The van der Waals surface area contributed by atoms with Gasteiger partial charge in [-0.25, -0.2) is 15.0 Å². The molecule has 0 N–H and O–H groups in total. The highest BCUT2D eigenvalue weighted by molar-refractivity contribution is 6.13. The highest BCUT2D eigenvalue weighted by atomic mass is 15.0. The first-order valence-electron chi connectivity index (χ1n) is 19.1. The molecule has 0 amide bonds. The van der Waals surface area contributed by atoms with Crippen LogP contribution in [0, 0.1) is 0 Å². The first-order valence-corrected chi connectivity index (χ1v) is 19.1. The minimum Gasteiger partial charge on any atom is -0.309 e. The molecule has 0 atom stereocenters. The Morgan fingerprint density at radius 1 is 0.339 bits per heavy atom. The minimum atomic E-state index is -0.562. The summed E-state index contributed by atoms with van der Waals surface area (Å²) < 4.78 is 2.48. The number of hydrogen-bond acceptors (Lipinski definition) is 3. The summed E-state index contributed by atoms with van der Waals surface area (Å²) in [6, 6.07) is 69.6. The summed E-state index contributed by atoms with van der Waals surface area (Å²) in [5.41, 5.74) is 15.8. The van der Waals surface area contributed by atoms with Crippen LogP contribution in [0.4, 0.5) is 0 Å². The maximum atomic E-state index is 5.25. The van der Waals surface area contributed by atoms with Crippen LogP contribution in [0.5, 0.6) is 0 Å². The molecular weight excluding hydrogens is 681 g/mol. The lowest BCUT2D eigenvalue weighted by molar-refractivity contribution is 0.748. The van der Waals surface area contributed by atoms with Crippen LogP contribution in [0.2, 0.25) is 0 Å². The predicted octanol–water partition coefficient (Wildman–Crippen LogP) is 12.3. The monoisotopic (exact) mass is 712 g/mol. The van der Waals surface area contributed by atoms with E-state index in [0.717, 1.165) is 22.3 Å². The Balaban J connectivity index is 1.14. The summed E-state index contributed by atoms with van der Waals surface area (Å²) in [5.74, 6) is 1.92. The number of benzene rings is 8. The second-order valence-corrected chi connectivity index (χ2v) is 14.7. The molecule has 4 nitrogen and oxygen atoms in total. The lowest BCUT2D eigenvalue weighted by atomic mass is 9.65. The van der Waals surface area contributed by atoms with Crippen molar-refractivity contribution in [2.75, 3.05) is 0 Å². The third kappa shape index (κ3) is 4.27. The van der Waals surface area contributed by atoms with Crippen molar-refractivity contribution in [3.8, 4) is 62.1 Å². The Labute approximate surface area is 324 Å². The maximum absolute atomic E-state index is 5.25. The van der Waals surface area contributed by atoms with Gasteiger partial charge in [-0.15, -0.1) is 0 Å². The van der Waals surface area contributed by atoms with E-state index in [-0.39, 0.29) is 0 Å². The van der Waals surface area contributed by atoms with Gasteiger partial charge in [0.1, 0.15) is 0 Å². The zero-order valence-corrected chi connectivity index (χ0v) is 30.3. The quantitative estimate of drug-likeness (QED) is 0.182. The van der Waals surface area contributed by atoms with Gasteiger partial charge in [0.05, 0.1) is 22.1 Å². The fourth-order valence-electron chi connectivity index (χ4n) is 9.50. The van der Waals surface area contributed by atoms with Gasteiger partial charge in [0, 0.05) is 27.5 Å². The number of nitrogens with zero attached hydrogens (tertiary/aromatic N) is 4. The lowest BCUT2D eigenvalue weighted by Gasteiger charge is -2.39. The molecule has 10 aromatic rings. The van der Waals surface area contributed by atoms with Gasteiger partial charge in [-0.05, 0) is 68.8 Å². The predicted molar refractivity (Wildman–Crippen MR) is 227 cm³/mol. The van der Waals surface area contributed by atoms with Gasteiger partial charge in [0.2, 0.25) is 0 Å². The molecule has 0 fully saturated rings. The number of para-hydroxylation sites is 2. The second kappa shape index (κ2) is 11.8. The first-order chi connectivity index (χ1) is 27.8. The van der Waals surface area contributed by atoms with Gasteiger partial charge in [-0.1, -0.05) is 170 Å². The fourth-order valence-corrected chi connectivity index (χ4v) is 9.50. The second-order valence-electron chi connectivity index (χ2n) is 14.7. The summed E-state index contributed by atoms with van der Waals surface area (Å²) in [6.07, 6.45) is 0. The van der Waals surface area contributed by atoms with Crippen molar-refractivity contribution < 1.29 is 0 Å². The number of hydrogen-bond donors (Lipinski definition) is 0. The summed E-state index contributed by atoms with van der Waals surface area (Å²) in [4.78, 5) is 15.5. The van der Waals surface area contributed by atoms with Crippen LogP contribution < -0.4 is 0 Å². The Hall–Kier alpha value is -7.43. The number of rotatable bonds is 4. The molecule has 3 heterocycles. The number of fused-ring (bicyclic) bond motifs is 12. The smallest absolute Gasteiger partial charge is 0.164 e. The van der Waals surface area contributed by atoms with E-state index in [4.69, 9.17) is 15.0 Å². The summed E-state index contributed by atoms with van der Waals surface area (Å²) >= 11 is 0. The third-order valence-electron chi connectivity index (χ3n) is 11.9. The molecule has 1 spiro atoms. The van der Waals surface area contributed by atoms with Crippen LogP contribution in [0.3, 0.4) is 0 Å². The molecule has 8 aromatic carbocycles. The molecule has 260 valence electrons. The molecule has 0 bridgehead atoms. The van der Waals surface area contributed by atoms with E-state index >= 15 is 0 Å². The van der Waals surface area contributed by atoms with Gasteiger partial charge in [0.25, 0.3) is 0 Å². The van der Waals surface area contributed by atoms with E-state index < -0.39 is 5.41 Å². The minimum absolute atomic E-state index is 0.562. The Morgan fingerprint density at radius 3 is 1.52 bits per heavy atom. The standard InChI is InChI=1S/C52H32N4/c1-3-14-33(15-4-1)34-26-28-36(29-27-34)50-53-49(35-16-5-2-6-17-35)54-51(55-50)37-30-31-47-45(32-37)52(42-22-10-7-18-38(42)39-19-8-11-23-43(39)52)44-24-13-21-41-40-20-9-12-25-46(40)56(47)48(41)44/h1-32H. The van der Waals surface area contributed by atoms with Crippen LogP contribution in [0.25, 0.3) is 83.9 Å². The van der Waals surface area contributed by atoms with Crippen LogP contribution in [0.15, 0.2) is 194 Å². The number of aromatic nitrogens is 4. The summed E-state index contributed by atoms with van der Waals surface area (Å²) in [7, 11) is 0. The van der Waals surface area contributed by atoms with Gasteiger partial charge in [-0.3, -0.25) is 0 Å². The van der Waals surface area contributed by atoms with Gasteiger partial charge >= 0.3 is 0 Å². The molecule has 2 aromatic heterocycles. The maximum Gasteiger partial charge on any atom is 0.164 e. The van der Waals surface area contributed by atoms with Crippen molar-refractivity contribution in [2.24, 2.45) is 0 Å². The van der Waals surface area contributed by atoms with Crippen molar-refractivity contribution in [3.05, 3.63) is 216 Å². The van der Waals surface area contributed by atoms with Crippen LogP contribution in [-0.4, -0.2) is 19.5 Å². The Morgan fingerprint density at radius 2 is 0.821 bits per heavy atom. The molecular formula is C52H32N4. The van der Waals surface area contributed by atoms with Crippen LogP contribution in [-0.2, 0) is 5.41 Å².